The number of carbonyl (C=O) groups is 1. The van der Waals surface area contributed by atoms with E-state index in [4.69, 9.17) is 9.52 Å². The van der Waals surface area contributed by atoms with Gasteiger partial charge in [0.05, 0.1) is 8.96 Å². The molecule has 1 aromatic carbocycles. The number of carboxylic acids is 1. The third-order valence-corrected chi connectivity index (χ3v) is 2.93. The Hall–Kier alpha value is -1.77. The number of phenolic OH excluding ortho intramolecular Hbond substituents is 1. The van der Waals surface area contributed by atoms with Crippen molar-refractivity contribution >= 4 is 39.5 Å². The Morgan fingerprint density at radius 1 is 1.35 bits per heavy atom. The lowest BCUT2D eigenvalue weighted by atomic mass is 10.1. The standard InChI is InChI=1S/C10H5IO6/c11-3-2-17-5-1-4(12)9(14)7(10(15)16)6(5)8(3)13/h1-2,12,14H,(H,15,16). The van der Waals surface area contributed by atoms with Crippen molar-refractivity contribution in [3.8, 4) is 11.5 Å². The summed E-state index contributed by atoms with van der Waals surface area (Å²) in [7, 11) is 0. The lowest BCUT2D eigenvalue weighted by molar-refractivity contribution is 0.0695. The van der Waals surface area contributed by atoms with Gasteiger partial charge in [0.1, 0.15) is 17.4 Å². The van der Waals surface area contributed by atoms with Crippen molar-refractivity contribution in [3.05, 3.63) is 31.7 Å². The average Bonchev–Trinajstić information content (AvgIpc) is 2.26. The van der Waals surface area contributed by atoms with Crippen LogP contribution < -0.4 is 5.43 Å². The Bertz CT molecular complexity index is 687. The summed E-state index contributed by atoms with van der Waals surface area (Å²) in [4.78, 5) is 22.8. The number of aromatic carboxylic acids is 1. The lowest BCUT2D eigenvalue weighted by Crippen LogP contribution is -2.10. The number of aromatic hydroxyl groups is 2. The zero-order chi connectivity index (χ0) is 12.7. The molecule has 88 valence electrons. The van der Waals surface area contributed by atoms with E-state index in [1.807, 2.05) is 0 Å². The van der Waals surface area contributed by atoms with E-state index in [0.717, 1.165) is 12.3 Å². The third kappa shape index (κ3) is 1.71. The van der Waals surface area contributed by atoms with E-state index in [2.05, 4.69) is 0 Å². The van der Waals surface area contributed by atoms with Gasteiger partial charge in [-0.05, 0) is 22.6 Å². The van der Waals surface area contributed by atoms with E-state index in [0.29, 0.717) is 0 Å². The Kier molecular flexibility index (Phi) is 2.69. The number of hydrogen-bond donors (Lipinski definition) is 3. The maximum Gasteiger partial charge on any atom is 0.340 e. The topological polar surface area (TPSA) is 108 Å². The molecule has 0 atom stereocenters. The van der Waals surface area contributed by atoms with Crippen LogP contribution in [0.1, 0.15) is 10.4 Å². The van der Waals surface area contributed by atoms with Crippen molar-refractivity contribution in [3.63, 3.8) is 0 Å². The number of benzene rings is 1. The van der Waals surface area contributed by atoms with Crippen LogP contribution in [0.25, 0.3) is 11.0 Å². The van der Waals surface area contributed by atoms with E-state index in [-0.39, 0.29) is 14.5 Å². The van der Waals surface area contributed by atoms with Crippen molar-refractivity contribution in [1.82, 2.24) is 0 Å². The molecule has 0 saturated heterocycles. The van der Waals surface area contributed by atoms with E-state index in [1.165, 1.54) is 0 Å². The highest BCUT2D eigenvalue weighted by atomic mass is 127. The van der Waals surface area contributed by atoms with Crippen LogP contribution in [0.5, 0.6) is 11.5 Å². The largest absolute Gasteiger partial charge is 0.504 e. The molecule has 0 aliphatic heterocycles. The molecule has 0 aliphatic carbocycles. The number of halogens is 1. The minimum absolute atomic E-state index is 0.0943. The number of fused-ring (bicyclic) bond motifs is 1. The number of carboxylic acid groups (broad SMARTS) is 1. The van der Waals surface area contributed by atoms with Crippen molar-refractivity contribution in [2.45, 2.75) is 0 Å². The first-order valence-corrected chi connectivity index (χ1v) is 5.40. The van der Waals surface area contributed by atoms with E-state index < -0.39 is 28.5 Å². The Morgan fingerprint density at radius 2 is 2.00 bits per heavy atom. The molecule has 7 heteroatoms. The van der Waals surface area contributed by atoms with Gasteiger partial charge < -0.3 is 19.7 Å². The minimum Gasteiger partial charge on any atom is -0.504 e. The van der Waals surface area contributed by atoms with Gasteiger partial charge in [-0.15, -0.1) is 0 Å². The second kappa shape index (κ2) is 3.91. The molecule has 0 bridgehead atoms. The first-order chi connectivity index (χ1) is 7.93. The van der Waals surface area contributed by atoms with Crippen LogP contribution in [-0.2, 0) is 0 Å². The van der Waals surface area contributed by atoms with Gasteiger partial charge in [0, 0.05) is 6.07 Å². The van der Waals surface area contributed by atoms with Crippen LogP contribution in [0.15, 0.2) is 21.5 Å². The van der Waals surface area contributed by atoms with Gasteiger partial charge in [-0.3, -0.25) is 4.79 Å². The fourth-order valence-electron chi connectivity index (χ4n) is 1.45. The zero-order valence-corrected chi connectivity index (χ0v) is 10.3. The molecule has 0 radical (unpaired) electrons. The van der Waals surface area contributed by atoms with Crippen molar-refractivity contribution in [2.24, 2.45) is 0 Å². The summed E-state index contributed by atoms with van der Waals surface area (Å²) < 4.78 is 5.19. The third-order valence-electron chi connectivity index (χ3n) is 2.19. The maximum absolute atomic E-state index is 11.8. The SMILES string of the molecule is O=C(O)c1c(O)c(O)cc2occ(I)c(=O)c12. The average molecular weight is 348 g/mol. The summed E-state index contributed by atoms with van der Waals surface area (Å²) >= 11 is 1.69. The summed E-state index contributed by atoms with van der Waals surface area (Å²) in [6.07, 6.45) is 1.15. The fourth-order valence-corrected chi connectivity index (χ4v) is 1.85. The molecule has 0 spiro atoms. The van der Waals surface area contributed by atoms with Crippen LogP contribution in [0.3, 0.4) is 0 Å². The molecule has 0 fully saturated rings. The highest BCUT2D eigenvalue weighted by Gasteiger charge is 2.22. The van der Waals surface area contributed by atoms with Gasteiger partial charge in [0.25, 0.3) is 0 Å². The zero-order valence-electron chi connectivity index (χ0n) is 8.10. The van der Waals surface area contributed by atoms with Crippen LogP contribution in [-0.4, -0.2) is 21.3 Å². The van der Waals surface area contributed by atoms with Gasteiger partial charge in [-0.2, -0.15) is 0 Å². The van der Waals surface area contributed by atoms with E-state index in [1.54, 1.807) is 22.6 Å². The number of hydrogen-bond acceptors (Lipinski definition) is 5. The summed E-state index contributed by atoms with van der Waals surface area (Å²) in [5.74, 6) is -3.02. The molecular formula is C10H5IO6. The monoisotopic (exact) mass is 348 g/mol. The molecule has 1 heterocycles. The van der Waals surface area contributed by atoms with Gasteiger partial charge in [-0.1, -0.05) is 0 Å². The lowest BCUT2D eigenvalue weighted by Gasteiger charge is -2.06. The predicted molar refractivity (Wildman–Crippen MR) is 65.5 cm³/mol. The Balaban J connectivity index is 3.12. The molecule has 6 nitrogen and oxygen atoms in total. The highest BCUT2D eigenvalue weighted by Crippen LogP contribution is 2.34. The fraction of sp³-hybridized carbons (Fsp3) is 0. The number of phenols is 2. The van der Waals surface area contributed by atoms with E-state index in [9.17, 15) is 19.8 Å². The quantitative estimate of drug-likeness (QED) is 0.533. The van der Waals surface area contributed by atoms with Gasteiger partial charge in [-0.25, -0.2) is 4.79 Å². The van der Waals surface area contributed by atoms with Crippen molar-refractivity contribution < 1.29 is 24.5 Å². The van der Waals surface area contributed by atoms with Crippen LogP contribution in [0.4, 0.5) is 0 Å². The van der Waals surface area contributed by atoms with Crippen molar-refractivity contribution in [2.75, 3.05) is 0 Å². The maximum atomic E-state index is 11.8. The summed E-state index contributed by atoms with van der Waals surface area (Å²) in [5, 5.41) is 27.5. The first kappa shape index (κ1) is 11.7. The number of rotatable bonds is 1. The molecule has 0 unspecified atom stereocenters. The summed E-state index contributed by atoms with van der Waals surface area (Å²) in [6, 6.07) is 0.995. The van der Waals surface area contributed by atoms with Crippen LogP contribution >= 0.6 is 22.6 Å². The molecule has 0 aliphatic rings. The Morgan fingerprint density at radius 3 is 2.59 bits per heavy atom. The summed E-state index contributed by atoms with van der Waals surface area (Å²) in [5.41, 5.74) is -1.32. The normalized spacial score (nSPS) is 10.6. The first-order valence-electron chi connectivity index (χ1n) is 4.32. The van der Waals surface area contributed by atoms with Crippen molar-refractivity contribution in [1.29, 1.82) is 0 Å². The van der Waals surface area contributed by atoms with E-state index >= 15 is 0 Å². The second-order valence-electron chi connectivity index (χ2n) is 3.21. The molecule has 1 aromatic heterocycles. The molecule has 3 N–H and O–H groups in total. The van der Waals surface area contributed by atoms with Gasteiger partial charge in [0.15, 0.2) is 11.5 Å². The molecule has 0 amide bonds. The Labute approximate surface area is 107 Å². The van der Waals surface area contributed by atoms with Gasteiger partial charge >= 0.3 is 5.97 Å². The molecule has 2 rings (SSSR count). The predicted octanol–water partition coefficient (Wildman–Crippen LogP) is 1.51. The minimum atomic E-state index is -1.52. The highest BCUT2D eigenvalue weighted by molar-refractivity contribution is 14.1. The molecule has 0 saturated carbocycles. The van der Waals surface area contributed by atoms with Crippen LogP contribution in [0, 0.1) is 3.57 Å². The smallest absolute Gasteiger partial charge is 0.340 e. The molecule has 17 heavy (non-hydrogen) atoms. The second-order valence-corrected chi connectivity index (χ2v) is 4.37. The molecule has 2 aromatic rings. The van der Waals surface area contributed by atoms with Gasteiger partial charge in [0.2, 0.25) is 5.43 Å². The summed E-state index contributed by atoms with van der Waals surface area (Å²) in [6.45, 7) is 0. The molecular weight excluding hydrogens is 343 g/mol. The van der Waals surface area contributed by atoms with Crippen LogP contribution in [0.2, 0.25) is 0 Å².